The number of alkyl halides is 2. The van der Waals surface area contributed by atoms with Crippen molar-refractivity contribution >= 4 is 80.6 Å². The molecule has 0 fully saturated rings. The number of hydrogen-bond donors (Lipinski definition) is 0. The van der Waals surface area contributed by atoms with Crippen molar-refractivity contribution in [2.45, 2.75) is 17.1 Å². The summed E-state index contributed by atoms with van der Waals surface area (Å²) in [6.45, 7) is -0.432. The molecule has 2 aromatic rings. The van der Waals surface area contributed by atoms with Crippen molar-refractivity contribution in [3.63, 3.8) is 0 Å². The highest BCUT2D eigenvalue weighted by Gasteiger charge is 2.33. The maximum Gasteiger partial charge on any atom is 0.340 e. The second-order valence-electron chi connectivity index (χ2n) is 5.81. The van der Waals surface area contributed by atoms with Gasteiger partial charge in [0, 0.05) is 10.0 Å². The molecule has 0 saturated heterocycles. The van der Waals surface area contributed by atoms with Crippen LogP contribution in [0.3, 0.4) is 0 Å². The van der Waals surface area contributed by atoms with Crippen LogP contribution >= 0.6 is 62.3 Å². The number of benzene rings is 2. The Morgan fingerprint density at radius 3 is 1.93 bits per heavy atom. The lowest BCUT2D eigenvalue weighted by molar-refractivity contribution is -0.115. The van der Waals surface area contributed by atoms with E-state index in [1.165, 1.54) is 36.4 Å². The Morgan fingerprint density at radius 1 is 0.967 bits per heavy atom. The molecule has 0 saturated carbocycles. The number of rotatable bonds is 8. The SMILES string of the molecule is O=C[C@@H](F)[C@H](OC(=O)c1ccc(Cl)cc1Cl)[C@@H](Br)COC(=O)c1ccc(Cl)cc1Cl. The normalized spacial score (nSPS) is 13.8. The number of carbonyl (C=O) groups excluding carboxylic acids is 3. The molecule has 5 nitrogen and oxygen atoms in total. The van der Waals surface area contributed by atoms with E-state index in [1.807, 2.05) is 0 Å². The van der Waals surface area contributed by atoms with Gasteiger partial charge in [0.05, 0.1) is 26.0 Å². The van der Waals surface area contributed by atoms with Gasteiger partial charge in [0.1, 0.15) is 6.61 Å². The molecule has 0 aliphatic carbocycles. The van der Waals surface area contributed by atoms with Crippen molar-refractivity contribution in [1.29, 1.82) is 0 Å². The van der Waals surface area contributed by atoms with Gasteiger partial charge in [-0.3, -0.25) is 4.79 Å². The summed E-state index contributed by atoms with van der Waals surface area (Å²) in [5.41, 5.74) is -0.0387. The predicted octanol–water partition coefficient (Wildman–Crippen LogP) is 5.98. The van der Waals surface area contributed by atoms with Crippen molar-refractivity contribution in [2.75, 3.05) is 6.61 Å². The lowest BCUT2D eigenvalue weighted by Crippen LogP contribution is -2.39. The molecular weight excluding hydrogens is 549 g/mol. The molecule has 160 valence electrons. The predicted molar refractivity (Wildman–Crippen MR) is 116 cm³/mol. The standard InChI is InChI=1S/C19H12BrCl4FO5/c20-13(8-29-18(27)11-3-1-9(21)5-14(11)23)17(16(25)7-26)30-19(28)12-4-2-10(22)6-15(12)24/h1-7,13,16-17H,8H2/t13-,16+,17+/m0/s1. The molecule has 0 aliphatic heterocycles. The highest BCUT2D eigenvalue weighted by atomic mass is 79.9. The Hall–Kier alpha value is -1.38. The van der Waals surface area contributed by atoms with Crippen LogP contribution in [0.1, 0.15) is 20.7 Å². The molecule has 0 heterocycles. The van der Waals surface area contributed by atoms with Crippen molar-refractivity contribution < 1.29 is 28.2 Å². The summed E-state index contributed by atoms with van der Waals surface area (Å²) in [5, 5.41) is 0.669. The summed E-state index contributed by atoms with van der Waals surface area (Å²) in [7, 11) is 0. The Bertz CT molecular complexity index is 959. The first-order chi connectivity index (χ1) is 14.1. The minimum atomic E-state index is -2.19. The van der Waals surface area contributed by atoms with Gasteiger partial charge in [-0.2, -0.15) is 0 Å². The van der Waals surface area contributed by atoms with Crippen LogP contribution in [0.15, 0.2) is 36.4 Å². The number of esters is 2. The maximum absolute atomic E-state index is 14.1. The zero-order valence-corrected chi connectivity index (χ0v) is 19.4. The van der Waals surface area contributed by atoms with E-state index in [0.717, 1.165) is 0 Å². The van der Waals surface area contributed by atoms with Crippen molar-refractivity contribution in [1.82, 2.24) is 0 Å². The van der Waals surface area contributed by atoms with Gasteiger partial charge >= 0.3 is 11.9 Å². The van der Waals surface area contributed by atoms with E-state index in [2.05, 4.69) is 15.9 Å². The molecule has 0 aliphatic rings. The van der Waals surface area contributed by atoms with E-state index < -0.39 is 35.6 Å². The van der Waals surface area contributed by atoms with Crippen molar-refractivity contribution in [3.05, 3.63) is 67.6 Å². The van der Waals surface area contributed by atoms with Gasteiger partial charge in [-0.1, -0.05) is 62.3 Å². The largest absolute Gasteiger partial charge is 0.461 e. The molecule has 0 bridgehead atoms. The van der Waals surface area contributed by atoms with Crippen LogP contribution in [-0.2, 0) is 14.3 Å². The molecule has 0 amide bonds. The minimum absolute atomic E-state index is 0.0114. The minimum Gasteiger partial charge on any atom is -0.461 e. The van der Waals surface area contributed by atoms with Crippen LogP contribution in [0.2, 0.25) is 20.1 Å². The first-order valence-electron chi connectivity index (χ1n) is 8.15. The number of halogens is 6. The zero-order valence-electron chi connectivity index (χ0n) is 14.8. The fourth-order valence-electron chi connectivity index (χ4n) is 2.24. The van der Waals surface area contributed by atoms with Gasteiger partial charge in [0.15, 0.2) is 18.6 Å². The molecule has 30 heavy (non-hydrogen) atoms. The smallest absolute Gasteiger partial charge is 0.340 e. The van der Waals surface area contributed by atoms with Crippen LogP contribution in [0, 0.1) is 0 Å². The average molecular weight is 561 g/mol. The van der Waals surface area contributed by atoms with E-state index in [1.54, 1.807) is 0 Å². The summed E-state index contributed by atoms with van der Waals surface area (Å²) < 4.78 is 24.3. The summed E-state index contributed by atoms with van der Waals surface area (Å²) in [6.07, 6.45) is -3.83. The Balaban J connectivity index is 2.09. The Morgan fingerprint density at radius 2 is 1.47 bits per heavy atom. The van der Waals surface area contributed by atoms with Crippen LogP contribution in [0.25, 0.3) is 0 Å². The van der Waals surface area contributed by atoms with Gasteiger partial charge in [0.25, 0.3) is 0 Å². The lowest BCUT2D eigenvalue weighted by Gasteiger charge is -2.23. The van der Waals surface area contributed by atoms with Crippen LogP contribution in [0.4, 0.5) is 4.39 Å². The third-order valence-electron chi connectivity index (χ3n) is 3.72. The molecule has 2 rings (SSSR count). The fourth-order valence-corrected chi connectivity index (χ4v) is 3.74. The number of hydrogen-bond acceptors (Lipinski definition) is 5. The third kappa shape index (κ3) is 6.56. The van der Waals surface area contributed by atoms with E-state index >= 15 is 0 Å². The molecular formula is C19H12BrCl4FO5. The van der Waals surface area contributed by atoms with E-state index in [9.17, 15) is 18.8 Å². The second-order valence-corrected chi connectivity index (χ2v) is 8.68. The third-order valence-corrected chi connectivity index (χ3v) is 5.60. The zero-order chi connectivity index (χ0) is 22.4. The van der Waals surface area contributed by atoms with Gasteiger partial charge in [-0.15, -0.1) is 0 Å². The number of aldehydes is 1. The summed E-state index contributed by atoms with van der Waals surface area (Å²) in [6, 6.07) is 8.17. The van der Waals surface area contributed by atoms with Crippen LogP contribution in [0.5, 0.6) is 0 Å². The van der Waals surface area contributed by atoms with Crippen LogP contribution in [-0.4, -0.2) is 41.9 Å². The highest BCUT2D eigenvalue weighted by Crippen LogP contribution is 2.25. The molecule has 0 spiro atoms. The average Bonchev–Trinajstić information content (AvgIpc) is 2.69. The number of ether oxygens (including phenoxy) is 2. The van der Waals surface area contributed by atoms with Gasteiger partial charge < -0.3 is 9.47 Å². The van der Waals surface area contributed by atoms with Gasteiger partial charge in [-0.25, -0.2) is 14.0 Å². The van der Waals surface area contributed by atoms with Crippen molar-refractivity contribution in [3.8, 4) is 0 Å². The second kappa shape index (κ2) is 11.3. The number of carbonyl (C=O) groups is 3. The van der Waals surface area contributed by atoms with E-state index in [0.29, 0.717) is 5.02 Å². The quantitative estimate of drug-likeness (QED) is 0.226. The summed E-state index contributed by atoms with van der Waals surface area (Å²) in [4.78, 5) is 34.4. The first-order valence-corrected chi connectivity index (χ1v) is 10.6. The molecule has 0 aromatic heterocycles. The van der Waals surface area contributed by atoms with Crippen LogP contribution < -0.4 is 0 Å². The summed E-state index contributed by atoms with van der Waals surface area (Å²) >= 11 is 26.5. The van der Waals surface area contributed by atoms with Crippen molar-refractivity contribution in [2.24, 2.45) is 0 Å². The lowest BCUT2D eigenvalue weighted by atomic mass is 10.1. The first kappa shape index (κ1) is 24.9. The monoisotopic (exact) mass is 558 g/mol. The topological polar surface area (TPSA) is 69.7 Å². The van der Waals surface area contributed by atoms with E-state index in [4.69, 9.17) is 55.9 Å². The van der Waals surface area contributed by atoms with Gasteiger partial charge in [-0.05, 0) is 36.4 Å². The van der Waals surface area contributed by atoms with E-state index in [-0.39, 0.29) is 32.5 Å². The molecule has 2 aromatic carbocycles. The molecule has 0 radical (unpaired) electrons. The molecule has 0 N–H and O–H groups in total. The molecule has 3 atom stereocenters. The molecule has 0 unspecified atom stereocenters. The Labute approximate surface area is 199 Å². The fraction of sp³-hybridized carbons (Fsp3) is 0.211. The Kier molecular flexibility index (Phi) is 9.37. The maximum atomic E-state index is 14.1. The molecule has 11 heteroatoms. The summed E-state index contributed by atoms with van der Waals surface area (Å²) in [5.74, 6) is -1.80. The highest BCUT2D eigenvalue weighted by molar-refractivity contribution is 9.09. The van der Waals surface area contributed by atoms with Gasteiger partial charge in [0.2, 0.25) is 0 Å².